The second kappa shape index (κ2) is 9.16. The maximum Gasteiger partial charge on any atom is 0.260 e. The predicted octanol–water partition coefficient (Wildman–Crippen LogP) is 3.15. The van der Waals surface area contributed by atoms with Crippen LogP contribution in [0, 0.1) is 0 Å². The van der Waals surface area contributed by atoms with Gasteiger partial charge >= 0.3 is 0 Å². The van der Waals surface area contributed by atoms with E-state index in [0.29, 0.717) is 24.6 Å². The molecule has 27 heavy (non-hydrogen) atoms. The van der Waals surface area contributed by atoms with Gasteiger partial charge in [0.25, 0.3) is 5.91 Å². The SMILES string of the molecule is COc1ccc(OC2CCN(C(=O)COc3ccccc3OC)CC2)cc1. The summed E-state index contributed by atoms with van der Waals surface area (Å²) in [6.07, 6.45) is 1.70. The summed E-state index contributed by atoms with van der Waals surface area (Å²) in [4.78, 5) is 14.2. The summed E-state index contributed by atoms with van der Waals surface area (Å²) in [6, 6.07) is 14.9. The number of methoxy groups -OCH3 is 2. The van der Waals surface area contributed by atoms with Crippen LogP contribution in [0.3, 0.4) is 0 Å². The monoisotopic (exact) mass is 371 g/mol. The molecule has 2 aromatic carbocycles. The van der Waals surface area contributed by atoms with Crippen molar-refractivity contribution >= 4 is 5.91 Å². The fourth-order valence-electron chi connectivity index (χ4n) is 3.04. The first-order valence-corrected chi connectivity index (χ1v) is 9.04. The van der Waals surface area contributed by atoms with Crippen molar-refractivity contribution < 1.29 is 23.7 Å². The van der Waals surface area contributed by atoms with Crippen molar-refractivity contribution in [2.45, 2.75) is 18.9 Å². The van der Waals surface area contributed by atoms with E-state index in [9.17, 15) is 4.79 Å². The molecular formula is C21H25NO5. The summed E-state index contributed by atoms with van der Waals surface area (Å²) >= 11 is 0. The Morgan fingerprint density at radius 1 is 0.926 bits per heavy atom. The van der Waals surface area contributed by atoms with Crippen LogP contribution in [-0.4, -0.2) is 50.8 Å². The van der Waals surface area contributed by atoms with Gasteiger partial charge in [0.15, 0.2) is 18.1 Å². The summed E-state index contributed by atoms with van der Waals surface area (Å²) in [7, 11) is 3.22. The number of ether oxygens (including phenoxy) is 4. The Kier molecular flexibility index (Phi) is 6.41. The predicted molar refractivity (Wildman–Crippen MR) is 102 cm³/mol. The smallest absolute Gasteiger partial charge is 0.260 e. The maximum atomic E-state index is 12.4. The molecule has 0 radical (unpaired) electrons. The molecule has 0 N–H and O–H groups in total. The van der Waals surface area contributed by atoms with E-state index in [0.717, 1.165) is 24.3 Å². The largest absolute Gasteiger partial charge is 0.497 e. The molecule has 0 bridgehead atoms. The van der Waals surface area contributed by atoms with E-state index in [-0.39, 0.29) is 18.6 Å². The first kappa shape index (κ1) is 18.9. The second-order valence-electron chi connectivity index (χ2n) is 6.31. The van der Waals surface area contributed by atoms with Gasteiger partial charge in [-0.05, 0) is 36.4 Å². The van der Waals surface area contributed by atoms with E-state index >= 15 is 0 Å². The van der Waals surface area contributed by atoms with Crippen LogP contribution in [0.2, 0.25) is 0 Å². The number of carbonyl (C=O) groups excluding carboxylic acids is 1. The molecule has 0 aromatic heterocycles. The van der Waals surface area contributed by atoms with Gasteiger partial charge in [-0.2, -0.15) is 0 Å². The van der Waals surface area contributed by atoms with E-state index < -0.39 is 0 Å². The molecule has 0 spiro atoms. The van der Waals surface area contributed by atoms with Crippen LogP contribution in [0.15, 0.2) is 48.5 Å². The molecular weight excluding hydrogens is 346 g/mol. The van der Waals surface area contributed by atoms with Crippen LogP contribution in [-0.2, 0) is 4.79 Å². The number of rotatable bonds is 7. The summed E-state index contributed by atoms with van der Waals surface area (Å²) in [5.41, 5.74) is 0. The van der Waals surface area contributed by atoms with E-state index in [4.69, 9.17) is 18.9 Å². The Balaban J connectivity index is 1.44. The van der Waals surface area contributed by atoms with Crippen molar-refractivity contribution in [1.82, 2.24) is 4.90 Å². The minimum atomic E-state index is -0.0243. The third-order valence-corrected chi connectivity index (χ3v) is 4.58. The standard InChI is InChI=1S/C21H25NO5/c1-24-16-7-9-17(10-8-16)27-18-11-13-22(14-12-18)21(23)15-26-20-6-4-3-5-19(20)25-2/h3-10,18H,11-15H2,1-2H3. The lowest BCUT2D eigenvalue weighted by molar-refractivity contribution is -0.135. The Hall–Kier alpha value is -2.89. The number of piperidine rings is 1. The van der Waals surface area contributed by atoms with Crippen molar-refractivity contribution in [3.8, 4) is 23.0 Å². The molecule has 6 nitrogen and oxygen atoms in total. The zero-order chi connectivity index (χ0) is 19.1. The van der Waals surface area contributed by atoms with Gasteiger partial charge in [-0.3, -0.25) is 4.79 Å². The van der Waals surface area contributed by atoms with Gasteiger partial charge in [-0.25, -0.2) is 0 Å². The highest BCUT2D eigenvalue weighted by Crippen LogP contribution is 2.26. The summed E-state index contributed by atoms with van der Waals surface area (Å²) in [6.45, 7) is 1.33. The first-order valence-electron chi connectivity index (χ1n) is 9.04. The van der Waals surface area contributed by atoms with Crippen molar-refractivity contribution in [2.24, 2.45) is 0 Å². The Bertz CT molecular complexity index is 738. The highest BCUT2D eigenvalue weighted by molar-refractivity contribution is 5.78. The number of amides is 1. The van der Waals surface area contributed by atoms with Crippen LogP contribution >= 0.6 is 0 Å². The van der Waals surface area contributed by atoms with E-state index in [1.807, 2.05) is 47.4 Å². The lowest BCUT2D eigenvalue weighted by Crippen LogP contribution is -2.43. The average Bonchev–Trinajstić information content (AvgIpc) is 2.73. The molecule has 2 aromatic rings. The number of hydrogen-bond acceptors (Lipinski definition) is 5. The normalized spacial score (nSPS) is 14.5. The quantitative estimate of drug-likeness (QED) is 0.748. The molecule has 1 heterocycles. The Labute approximate surface area is 159 Å². The molecule has 6 heteroatoms. The number of nitrogens with zero attached hydrogens (tertiary/aromatic N) is 1. The molecule has 1 fully saturated rings. The lowest BCUT2D eigenvalue weighted by atomic mass is 10.1. The molecule has 0 saturated carbocycles. The van der Waals surface area contributed by atoms with Gasteiger partial charge in [0.2, 0.25) is 0 Å². The molecule has 1 amide bonds. The number of benzene rings is 2. The molecule has 1 aliphatic rings. The topological polar surface area (TPSA) is 57.2 Å². The minimum absolute atomic E-state index is 0.00434. The van der Waals surface area contributed by atoms with Gasteiger partial charge in [0.05, 0.1) is 14.2 Å². The molecule has 0 aliphatic carbocycles. The fourth-order valence-corrected chi connectivity index (χ4v) is 3.04. The van der Waals surface area contributed by atoms with E-state index in [2.05, 4.69) is 0 Å². The van der Waals surface area contributed by atoms with Crippen LogP contribution < -0.4 is 18.9 Å². The summed E-state index contributed by atoms with van der Waals surface area (Å²) in [5.74, 6) is 2.80. The highest BCUT2D eigenvalue weighted by Gasteiger charge is 2.24. The van der Waals surface area contributed by atoms with Crippen molar-refractivity contribution in [3.63, 3.8) is 0 Å². The van der Waals surface area contributed by atoms with Gasteiger partial charge in [0.1, 0.15) is 17.6 Å². The fraction of sp³-hybridized carbons (Fsp3) is 0.381. The van der Waals surface area contributed by atoms with E-state index in [1.165, 1.54) is 0 Å². The van der Waals surface area contributed by atoms with Crippen LogP contribution in [0.25, 0.3) is 0 Å². The lowest BCUT2D eigenvalue weighted by Gasteiger charge is -2.32. The molecule has 1 aliphatic heterocycles. The molecule has 144 valence electrons. The van der Waals surface area contributed by atoms with Gasteiger partial charge < -0.3 is 23.8 Å². The molecule has 1 saturated heterocycles. The van der Waals surface area contributed by atoms with Gasteiger partial charge in [-0.15, -0.1) is 0 Å². The van der Waals surface area contributed by atoms with Crippen LogP contribution in [0.5, 0.6) is 23.0 Å². The number of likely N-dealkylation sites (tertiary alicyclic amines) is 1. The third kappa shape index (κ3) is 5.06. The highest BCUT2D eigenvalue weighted by atomic mass is 16.5. The van der Waals surface area contributed by atoms with Crippen molar-refractivity contribution in [1.29, 1.82) is 0 Å². The average molecular weight is 371 g/mol. The van der Waals surface area contributed by atoms with Crippen molar-refractivity contribution in [2.75, 3.05) is 33.9 Å². The van der Waals surface area contributed by atoms with E-state index in [1.54, 1.807) is 20.3 Å². The first-order chi connectivity index (χ1) is 13.2. The molecule has 0 unspecified atom stereocenters. The van der Waals surface area contributed by atoms with Crippen LogP contribution in [0.4, 0.5) is 0 Å². The third-order valence-electron chi connectivity index (χ3n) is 4.58. The Morgan fingerprint density at radius 2 is 1.56 bits per heavy atom. The maximum absolute atomic E-state index is 12.4. The molecule has 3 rings (SSSR count). The zero-order valence-corrected chi connectivity index (χ0v) is 15.7. The van der Waals surface area contributed by atoms with Crippen molar-refractivity contribution in [3.05, 3.63) is 48.5 Å². The minimum Gasteiger partial charge on any atom is -0.497 e. The summed E-state index contributed by atoms with van der Waals surface area (Å²) < 4.78 is 22.0. The van der Waals surface area contributed by atoms with Crippen LogP contribution in [0.1, 0.15) is 12.8 Å². The van der Waals surface area contributed by atoms with Gasteiger partial charge in [0, 0.05) is 25.9 Å². The Morgan fingerprint density at radius 3 is 2.19 bits per heavy atom. The summed E-state index contributed by atoms with van der Waals surface area (Å²) in [5, 5.41) is 0. The zero-order valence-electron chi connectivity index (χ0n) is 15.7. The number of hydrogen-bond donors (Lipinski definition) is 0. The number of para-hydroxylation sites is 2. The van der Waals surface area contributed by atoms with Gasteiger partial charge in [-0.1, -0.05) is 12.1 Å². The molecule has 0 atom stereocenters. The second-order valence-corrected chi connectivity index (χ2v) is 6.31. The number of carbonyl (C=O) groups is 1.